The van der Waals surface area contributed by atoms with Crippen LogP contribution in [0.4, 0.5) is 4.39 Å². The van der Waals surface area contributed by atoms with Gasteiger partial charge in [0, 0.05) is 12.0 Å². The van der Waals surface area contributed by atoms with Crippen LogP contribution < -0.4 is 0 Å². The molecule has 0 spiro atoms. The Balaban J connectivity index is 1.82. The summed E-state index contributed by atoms with van der Waals surface area (Å²) in [5.41, 5.74) is -0.902. The number of likely N-dealkylation sites (tertiary alicyclic amines) is 1. The first-order valence-corrected chi connectivity index (χ1v) is 7.87. The lowest BCUT2D eigenvalue weighted by Crippen LogP contribution is -2.54. The van der Waals surface area contributed by atoms with Gasteiger partial charge in [0.2, 0.25) is 0 Å². The van der Waals surface area contributed by atoms with Crippen LogP contribution in [0.25, 0.3) is 0 Å². The first-order valence-electron chi connectivity index (χ1n) is 7.87. The Labute approximate surface area is 129 Å². The maximum absolute atomic E-state index is 14.0. The lowest BCUT2D eigenvalue weighted by molar-refractivity contribution is 0.0425. The molecule has 22 heavy (non-hydrogen) atoms. The maximum atomic E-state index is 14.0. The van der Waals surface area contributed by atoms with Crippen molar-refractivity contribution >= 4 is 5.91 Å². The molecule has 1 aliphatic heterocycles. The number of piperidine rings is 1. The van der Waals surface area contributed by atoms with E-state index in [1.54, 1.807) is 17.0 Å². The van der Waals surface area contributed by atoms with Crippen molar-refractivity contribution in [3.05, 3.63) is 35.6 Å². The molecule has 4 heteroatoms. The minimum Gasteiger partial charge on any atom is -0.319 e. The summed E-state index contributed by atoms with van der Waals surface area (Å²) < 4.78 is 14.0. The van der Waals surface area contributed by atoms with E-state index < -0.39 is 11.4 Å². The van der Waals surface area contributed by atoms with Gasteiger partial charge >= 0.3 is 0 Å². The number of hydrogen-bond donors (Lipinski definition) is 0. The Morgan fingerprint density at radius 3 is 2.77 bits per heavy atom. The molecule has 1 aromatic carbocycles. The topological polar surface area (TPSA) is 44.1 Å². The van der Waals surface area contributed by atoms with E-state index in [0.29, 0.717) is 12.5 Å². The lowest BCUT2D eigenvalue weighted by Gasteiger charge is -2.43. The zero-order chi connectivity index (χ0) is 15.8. The van der Waals surface area contributed by atoms with Crippen LogP contribution in [0.2, 0.25) is 0 Å². The fraction of sp³-hybridized carbons (Fsp3) is 0.556. The first kappa shape index (κ1) is 13.8. The van der Waals surface area contributed by atoms with Crippen LogP contribution >= 0.6 is 0 Å². The number of halogens is 1. The summed E-state index contributed by atoms with van der Waals surface area (Å²) in [5.74, 6) is -0.347. The molecule has 4 atom stereocenters. The number of benzene rings is 1. The van der Waals surface area contributed by atoms with Crippen LogP contribution in [0.5, 0.6) is 0 Å². The summed E-state index contributed by atoms with van der Waals surface area (Å²) >= 11 is 0. The molecule has 3 aliphatic rings. The summed E-state index contributed by atoms with van der Waals surface area (Å²) in [4.78, 5) is 14.6. The van der Waals surface area contributed by atoms with Gasteiger partial charge in [-0.2, -0.15) is 5.26 Å². The van der Waals surface area contributed by atoms with E-state index in [1.165, 1.54) is 12.1 Å². The summed E-state index contributed by atoms with van der Waals surface area (Å²) in [7, 11) is 0. The molecule has 0 aromatic heterocycles. The van der Waals surface area contributed by atoms with Crippen molar-refractivity contribution in [3.63, 3.8) is 0 Å². The van der Waals surface area contributed by atoms with E-state index in [-0.39, 0.29) is 22.3 Å². The van der Waals surface area contributed by atoms with Crippen LogP contribution in [0.3, 0.4) is 0 Å². The molecular formula is C18H19FN2O. The second kappa shape index (κ2) is 3.90. The predicted molar refractivity (Wildman–Crippen MR) is 79.3 cm³/mol. The highest BCUT2D eigenvalue weighted by Gasteiger charge is 2.78. The van der Waals surface area contributed by atoms with E-state index in [9.17, 15) is 14.4 Å². The standard InChI is InChI=1S/C18H19FN2O/c1-16-11-21(15(22)13-5-3-4-6-14(13)19)18(10-20)9-12(16)7-8-17(16,18)2/h3-6,12H,7-9,11H2,1-2H3/t12-,16-,17-,18-/m0/s1. The average molecular weight is 298 g/mol. The quantitative estimate of drug-likeness (QED) is 0.798. The largest absolute Gasteiger partial charge is 0.319 e. The SMILES string of the molecule is C[C@@]12CC[C@H]3C[C@@]1(C#N)N(C(=O)c1ccccc1F)C[C@@]32C. The van der Waals surface area contributed by atoms with Crippen LogP contribution in [0.1, 0.15) is 43.5 Å². The molecule has 2 aliphatic carbocycles. The number of hydrogen-bond acceptors (Lipinski definition) is 2. The predicted octanol–water partition coefficient (Wildman–Crippen LogP) is 3.37. The van der Waals surface area contributed by atoms with E-state index in [1.807, 2.05) is 0 Å². The Morgan fingerprint density at radius 1 is 1.41 bits per heavy atom. The fourth-order valence-electron chi connectivity index (χ4n) is 5.54. The summed E-state index contributed by atoms with van der Waals surface area (Å²) in [6.45, 7) is 4.92. The third-order valence-corrected chi connectivity index (χ3v) is 7.09. The molecule has 0 unspecified atom stereocenters. The van der Waals surface area contributed by atoms with Crippen molar-refractivity contribution < 1.29 is 9.18 Å². The third kappa shape index (κ3) is 1.21. The molecule has 1 aromatic rings. The second-order valence-electron chi connectivity index (χ2n) is 7.53. The molecule has 1 amide bonds. The Bertz CT molecular complexity index is 726. The van der Waals surface area contributed by atoms with E-state index >= 15 is 0 Å². The molecule has 3 nitrogen and oxygen atoms in total. The molecule has 0 N–H and O–H groups in total. The highest BCUT2D eigenvalue weighted by molar-refractivity contribution is 5.96. The monoisotopic (exact) mass is 298 g/mol. The molecule has 0 radical (unpaired) electrons. The molecule has 4 rings (SSSR count). The number of carbonyl (C=O) groups excluding carboxylic acids is 1. The third-order valence-electron chi connectivity index (χ3n) is 7.09. The molecular weight excluding hydrogens is 279 g/mol. The van der Waals surface area contributed by atoms with Gasteiger partial charge in [0.25, 0.3) is 5.91 Å². The van der Waals surface area contributed by atoms with Crippen LogP contribution in [-0.4, -0.2) is 22.9 Å². The summed E-state index contributed by atoms with van der Waals surface area (Å²) in [6.07, 6.45) is 2.84. The number of nitriles is 1. The van der Waals surface area contributed by atoms with Gasteiger partial charge in [0.05, 0.1) is 11.6 Å². The van der Waals surface area contributed by atoms with Crippen molar-refractivity contribution in [2.75, 3.05) is 6.54 Å². The normalized spacial score (nSPS) is 41.7. The maximum Gasteiger partial charge on any atom is 0.258 e. The highest BCUT2D eigenvalue weighted by atomic mass is 19.1. The fourth-order valence-corrected chi connectivity index (χ4v) is 5.54. The number of rotatable bonds is 1. The van der Waals surface area contributed by atoms with Crippen molar-refractivity contribution in [1.29, 1.82) is 5.26 Å². The van der Waals surface area contributed by atoms with Gasteiger partial charge in [-0.15, -0.1) is 0 Å². The average Bonchev–Trinajstić information content (AvgIpc) is 2.96. The van der Waals surface area contributed by atoms with E-state index in [2.05, 4.69) is 19.9 Å². The van der Waals surface area contributed by atoms with E-state index in [4.69, 9.17) is 0 Å². The summed E-state index contributed by atoms with van der Waals surface area (Å²) in [5, 5.41) is 9.94. The van der Waals surface area contributed by atoms with Crippen LogP contribution in [0.15, 0.2) is 24.3 Å². The van der Waals surface area contributed by atoms with Crippen LogP contribution in [0, 0.1) is 33.9 Å². The van der Waals surface area contributed by atoms with Gasteiger partial charge in [0.15, 0.2) is 0 Å². The Morgan fingerprint density at radius 2 is 2.14 bits per heavy atom. The van der Waals surface area contributed by atoms with Gasteiger partial charge in [-0.1, -0.05) is 26.0 Å². The molecule has 2 saturated carbocycles. The second-order valence-corrected chi connectivity index (χ2v) is 7.53. The van der Waals surface area contributed by atoms with Gasteiger partial charge in [0.1, 0.15) is 11.4 Å². The lowest BCUT2D eigenvalue weighted by atomic mass is 9.66. The Hall–Kier alpha value is -1.89. The van der Waals surface area contributed by atoms with Crippen molar-refractivity contribution in [2.24, 2.45) is 16.7 Å². The molecule has 1 saturated heterocycles. The van der Waals surface area contributed by atoms with E-state index in [0.717, 1.165) is 19.3 Å². The molecule has 1 heterocycles. The van der Waals surface area contributed by atoms with Crippen LogP contribution in [-0.2, 0) is 0 Å². The molecule has 3 fully saturated rings. The number of amides is 1. The summed E-state index contributed by atoms with van der Waals surface area (Å²) in [6, 6.07) is 8.52. The minimum atomic E-state index is -0.774. The van der Waals surface area contributed by atoms with Gasteiger partial charge < -0.3 is 4.90 Å². The van der Waals surface area contributed by atoms with Gasteiger partial charge in [-0.25, -0.2) is 4.39 Å². The Kier molecular flexibility index (Phi) is 2.44. The molecule has 114 valence electrons. The number of carbonyl (C=O) groups is 1. The number of nitrogens with zero attached hydrogens (tertiary/aromatic N) is 2. The molecule has 4 bridgehead atoms. The zero-order valence-corrected chi connectivity index (χ0v) is 12.9. The van der Waals surface area contributed by atoms with Crippen molar-refractivity contribution in [3.8, 4) is 6.07 Å². The minimum absolute atomic E-state index is 0.0242. The highest BCUT2D eigenvalue weighted by Crippen LogP contribution is 2.75. The van der Waals surface area contributed by atoms with Gasteiger partial charge in [-0.3, -0.25) is 4.79 Å². The first-order chi connectivity index (χ1) is 10.4. The zero-order valence-electron chi connectivity index (χ0n) is 12.9. The van der Waals surface area contributed by atoms with Crippen molar-refractivity contribution in [2.45, 2.75) is 38.6 Å². The van der Waals surface area contributed by atoms with Gasteiger partial charge in [-0.05, 0) is 42.7 Å². The smallest absolute Gasteiger partial charge is 0.258 e. The van der Waals surface area contributed by atoms with Crippen molar-refractivity contribution in [1.82, 2.24) is 4.90 Å².